The van der Waals surface area contributed by atoms with Crippen molar-refractivity contribution in [2.75, 3.05) is 6.61 Å². The summed E-state index contributed by atoms with van der Waals surface area (Å²) in [6, 6.07) is 3.83. The maximum Gasteiger partial charge on any atom is 0.338 e. The predicted octanol–water partition coefficient (Wildman–Crippen LogP) is 1.91. The smallest absolute Gasteiger partial charge is 0.338 e. The normalized spacial score (nSPS) is 27.5. The lowest BCUT2D eigenvalue weighted by molar-refractivity contribution is 0.0535. The van der Waals surface area contributed by atoms with Crippen molar-refractivity contribution < 1.29 is 14.3 Å². The average molecular weight is 204 g/mol. The van der Waals surface area contributed by atoms with Crippen molar-refractivity contribution in [2.24, 2.45) is 0 Å². The van der Waals surface area contributed by atoms with Crippen molar-refractivity contribution in [1.82, 2.24) is 0 Å². The Kier molecular flexibility index (Phi) is 1.55. The molecular formula is C12H12O3. The fraction of sp³-hybridized carbons (Fsp3) is 0.417. The fourth-order valence-electron chi connectivity index (χ4n) is 2.19. The van der Waals surface area contributed by atoms with Crippen molar-refractivity contribution in [2.45, 2.75) is 26.1 Å². The highest BCUT2D eigenvalue weighted by Crippen LogP contribution is 2.41. The summed E-state index contributed by atoms with van der Waals surface area (Å²) in [6.45, 7) is 5.27. The van der Waals surface area contributed by atoms with Crippen LogP contribution in [0.2, 0.25) is 0 Å². The van der Waals surface area contributed by atoms with Gasteiger partial charge in [-0.1, -0.05) is 6.07 Å². The molecule has 3 heteroatoms. The minimum absolute atomic E-state index is 0.134. The Morgan fingerprint density at radius 3 is 2.80 bits per heavy atom. The van der Waals surface area contributed by atoms with Crippen LogP contribution in [0.1, 0.15) is 34.0 Å². The van der Waals surface area contributed by atoms with Crippen LogP contribution in [0.4, 0.5) is 0 Å². The van der Waals surface area contributed by atoms with E-state index in [4.69, 9.17) is 9.47 Å². The maximum atomic E-state index is 11.3. The number of esters is 1. The first-order valence-electron chi connectivity index (χ1n) is 5.06. The number of cyclic esters (lactones) is 1. The molecule has 3 nitrogen and oxygen atoms in total. The lowest BCUT2D eigenvalue weighted by atomic mass is 9.91. The molecule has 2 aliphatic rings. The molecule has 1 fully saturated rings. The third-order valence-corrected chi connectivity index (χ3v) is 3.31. The molecule has 1 aromatic rings. The Morgan fingerprint density at radius 2 is 2.13 bits per heavy atom. The van der Waals surface area contributed by atoms with Gasteiger partial charge >= 0.3 is 5.97 Å². The van der Waals surface area contributed by atoms with Crippen LogP contribution < -0.4 is 0 Å². The van der Waals surface area contributed by atoms with E-state index in [1.165, 1.54) is 5.56 Å². The number of epoxide rings is 1. The van der Waals surface area contributed by atoms with Gasteiger partial charge in [0, 0.05) is 5.56 Å². The van der Waals surface area contributed by atoms with Crippen LogP contribution in [-0.4, -0.2) is 12.6 Å². The molecule has 0 bridgehead atoms. The van der Waals surface area contributed by atoms with E-state index in [2.05, 4.69) is 6.92 Å². The number of rotatable bonds is 1. The molecule has 78 valence electrons. The van der Waals surface area contributed by atoms with Crippen LogP contribution in [0.25, 0.3) is 0 Å². The zero-order valence-electron chi connectivity index (χ0n) is 8.79. The van der Waals surface area contributed by atoms with E-state index in [1.807, 2.05) is 19.1 Å². The number of fused-ring (bicyclic) bond motifs is 1. The SMILES string of the molecule is Cc1c(C2(C)CO2)ccc2c1COC2=O. The van der Waals surface area contributed by atoms with Crippen LogP contribution in [0, 0.1) is 6.92 Å². The number of carbonyl (C=O) groups excluding carboxylic acids is 1. The minimum atomic E-state index is -0.207. The van der Waals surface area contributed by atoms with Gasteiger partial charge in [0.2, 0.25) is 0 Å². The van der Waals surface area contributed by atoms with Gasteiger partial charge in [-0.3, -0.25) is 0 Å². The van der Waals surface area contributed by atoms with E-state index in [9.17, 15) is 4.79 Å². The van der Waals surface area contributed by atoms with Crippen LogP contribution in [0.5, 0.6) is 0 Å². The van der Waals surface area contributed by atoms with Crippen molar-refractivity contribution >= 4 is 5.97 Å². The van der Waals surface area contributed by atoms with Gasteiger partial charge in [-0.2, -0.15) is 0 Å². The molecule has 2 heterocycles. The summed E-state index contributed by atoms with van der Waals surface area (Å²) >= 11 is 0. The van der Waals surface area contributed by atoms with Crippen LogP contribution in [-0.2, 0) is 21.7 Å². The maximum absolute atomic E-state index is 11.3. The fourth-order valence-corrected chi connectivity index (χ4v) is 2.19. The molecule has 0 aromatic heterocycles. The van der Waals surface area contributed by atoms with Gasteiger partial charge in [-0.25, -0.2) is 4.79 Å². The number of hydrogen-bond acceptors (Lipinski definition) is 3. The predicted molar refractivity (Wildman–Crippen MR) is 53.6 cm³/mol. The quantitative estimate of drug-likeness (QED) is 0.518. The Hall–Kier alpha value is -1.35. The third kappa shape index (κ3) is 1.13. The molecule has 0 radical (unpaired) electrons. The van der Waals surface area contributed by atoms with Crippen molar-refractivity contribution in [3.63, 3.8) is 0 Å². The van der Waals surface area contributed by atoms with Gasteiger partial charge in [0.15, 0.2) is 0 Å². The Bertz CT molecular complexity index is 458. The van der Waals surface area contributed by atoms with Crippen molar-refractivity contribution in [1.29, 1.82) is 0 Å². The first-order chi connectivity index (χ1) is 7.12. The molecule has 0 aliphatic carbocycles. The molecule has 0 amide bonds. The molecule has 15 heavy (non-hydrogen) atoms. The van der Waals surface area contributed by atoms with E-state index >= 15 is 0 Å². The summed E-state index contributed by atoms with van der Waals surface area (Å²) in [5.41, 5.74) is 3.91. The van der Waals surface area contributed by atoms with Gasteiger partial charge in [-0.15, -0.1) is 0 Å². The molecule has 2 aliphatic heterocycles. The molecule has 1 atom stereocenters. The molecular weight excluding hydrogens is 192 g/mol. The summed E-state index contributed by atoms with van der Waals surface area (Å²) in [5, 5.41) is 0. The molecule has 0 N–H and O–H groups in total. The van der Waals surface area contributed by atoms with Crippen molar-refractivity contribution in [3.8, 4) is 0 Å². The Labute approximate surface area is 88.0 Å². The van der Waals surface area contributed by atoms with Gasteiger partial charge in [0.1, 0.15) is 12.2 Å². The lowest BCUT2D eigenvalue weighted by Gasteiger charge is -2.11. The summed E-state index contributed by atoms with van der Waals surface area (Å²) in [7, 11) is 0. The molecule has 1 unspecified atom stereocenters. The molecule has 1 saturated heterocycles. The topological polar surface area (TPSA) is 38.8 Å². The van der Waals surface area contributed by atoms with Crippen LogP contribution >= 0.6 is 0 Å². The van der Waals surface area contributed by atoms with E-state index in [0.717, 1.165) is 17.7 Å². The number of hydrogen-bond donors (Lipinski definition) is 0. The number of ether oxygens (including phenoxy) is 2. The second-order valence-corrected chi connectivity index (χ2v) is 4.36. The summed E-state index contributed by atoms with van der Waals surface area (Å²) in [6.07, 6.45) is 0. The lowest BCUT2D eigenvalue weighted by Crippen LogP contribution is -2.07. The van der Waals surface area contributed by atoms with E-state index in [-0.39, 0.29) is 11.6 Å². The molecule has 0 saturated carbocycles. The van der Waals surface area contributed by atoms with E-state index in [0.29, 0.717) is 12.2 Å². The largest absolute Gasteiger partial charge is 0.457 e. The van der Waals surface area contributed by atoms with Crippen LogP contribution in [0.15, 0.2) is 12.1 Å². The van der Waals surface area contributed by atoms with Crippen LogP contribution in [0.3, 0.4) is 0 Å². The second-order valence-electron chi connectivity index (χ2n) is 4.36. The van der Waals surface area contributed by atoms with Crippen molar-refractivity contribution in [3.05, 3.63) is 34.4 Å². The molecule has 0 spiro atoms. The third-order valence-electron chi connectivity index (χ3n) is 3.31. The molecule has 3 rings (SSSR count). The number of benzene rings is 1. The highest BCUT2D eigenvalue weighted by Gasteiger charge is 2.43. The monoisotopic (exact) mass is 204 g/mol. The Morgan fingerprint density at radius 1 is 1.40 bits per heavy atom. The van der Waals surface area contributed by atoms with E-state index < -0.39 is 0 Å². The highest BCUT2D eigenvalue weighted by molar-refractivity contribution is 5.94. The summed E-state index contributed by atoms with van der Waals surface area (Å²) < 4.78 is 10.4. The summed E-state index contributed by atoms with van der Waals surface area (Å²) in [4.78, 5) is 11.3. The average Bonchev–Trinajstić information content (AvgIpc) is 2.83. The zero-order valence-corrected chi connectivity index (χ0v) is 8.79. The van der Waals surface area contributed by atoms with Gasteiger partial charge in [0.05, 0.1) is 12.2 Å². The Balaban J connectivity index is 2.18. The second kappa shape index (κ2) is 2.61. The standard InChI is InChI=1S/C12H12O3/c1-7-9-5-14-11(13)8(9)3-4-10(7)12(2)6-15-12/h3-4H,5-6H2,1-2H3. The minimum Gasteiger partial charge on any atom is -0.457 e. The number of carbonyl (C=O) groups is 1. The van der Waals surface area contributed by atoms with Gasteiger partial charge < -0.3 is 9.47 Å². The van der Waals surface area contributed by atoms with Gasteiger partial charge in [0.25, 0.3) is 0 Å². The first kappa shape index (κ1) is 8.92. The first-order valence-corrected chi connectivity index (χ1v) is 5.06. The highest BCUT2D eigenvalue weighted by atomic mass is 16.6. The van der Waals surface area contributed by atoms with E-state index in [1.54, 1.807) is 0 Å². The summed E-state index contributed by atoms with van der Waals surface area (Å²) in [5.74, 6) is -0.207. The molecule has 1 aromatic carbocycles. The van der Waals surface area contributed by atoms with Gasteiger partial charge in [-0.05, 0) is 31.0 Å². The zero-order chi connectivity index (χ0) is 10.6.